The number of aromatic nitrogens is 1. The minimum atomic E-state index is -1.24. The van der Waals surface area contributed by atoms with Crippen LogP contribution in [0.15, 0.2) is 40.1 Å². The zero-order chi connectivity index (χ0) is 15.0. The van der Waals surface area contributed by atoms with Gasteiger partial charge in [0.15, 0.2) is 11.5 Å². The first-order valence-corrected chi connectivity index (χ1v) is 7.05. The second-order valence-electron chi connectivity index (χ2n) is 4.11. The van der Waals surface area contributed by atoms with Gasteiger partial charge in [-0.15, -0.1) is 11.3 Å². The van der Waals surface area contributed by atoms with Gasteiger partial charge in [0.25, 0.3) is 0 Å². The predicted octanol–water partition coefficient (Wildman–Crippen LogP) is 4.56. The first-order chi connectivity index (χ1) is 10.1. The molecular weight excluding hydrogens is 317 g/mol. The van der Waals surface area contributed by atoms with Gasteiger partial charge in [0, 0.05) is 5.56 Å². The summed E-state index contributed by atoms with van der Waals surface area (Å²) in [5.41, 5.74) is 0.00438. The fourth-order valence-corrected chi connectivity index (χ4v) is 2.57. The summed E-state index contributed by atoms with van der Waals surface area (Å²) in [4.78, 5) is 16.0. The van der Waals surface area contributed by atoms with Crippen LogP contribution in [0, 0.1) is 5.82 Å². The van der Waals surface area contributed by atoms with Crippen molar-refractivity contribution in [2.75, 3.05) is 0 Å². The summed E-state index contributed by atoms with van der Waals surface area (Å²) in [6.45, 7) is 0. The molecule has 7 heteroatoms. The van der Waals surface area contributed by atoms with E-state index in [9.17, 15) is 14.3 Å². The highest BCUT2D eigenvalue weighted by atomic mass is 35.5. The standard InChI is InChI=1S/C14H7ClFNO3S/c15-8-4-3-7(6-9(8)16)12-11(14(18)19)17-13(20-12)10-2-1-5-21-10/h1-6H,(H,18,19). The molecule has 2 heterocycles. The molecule has 3 aromatic rings. The van der Waals surface area contributed by atoms with Crippen LogP contribution in [0.25, 0.3) is 22.1 Å². The average molecular weight is 324 g/mol. The maximum Gasteiger partial charge on any atom is 0.358 e. The maximum absolute atomic E-state index is 13.5. The van der Waals surface area contributed by atoms with E-state index in [-0.39, 0.29) is 27.9 Å². The normalized spacial score (nSPS) is 10.8. The number of carboxylic acids is 1. The number of benzene rings is 1. The molecule has 1 aromatic carbocycles. The zero-order valence-corrected chi connectivity index (χ0v) is 11.9. The van der Waals surface area contributed by atoms with Crippen LogP contribution in [-0.2, 0) is 0 Å². The number of thiophene rings is 1. The number of oxazole rings is 1. The van der Waals surface area contributed by atoms with Crippen LogP contribution in [0.1, 0.15) is 10.5 Å². The maximum atomic E-state index is 13.5. The van der Waals surface area contributed by atoms with Gasteiger partial charge in [0.05, 0.1) is 9.90 Å². The van der Waals surface area contributed by atoms with Crippen LogP contribution in [0.5, 0.6) is 0 Å². The van der Waals surface area contributed by atoms with Gasteiger partial charge >= 0.3 is 5.97 Å². The van der Waals surface area contributed by atoms with Gasteiger partial charge < -0.3 is 9.52 Å². The lowest BCUT2D eigenvalue weighted by Crippen LogP contribution is -1.99. The van der Waals surface area contributed by atoms with Gasteiger partial charge in [0.2, 0.25) is 5.89 Å². The second-order valence-corrected chi connectivity index (χ2v) is 5.46. The number of carbonyl (C=O) groups is 1. The molecule has 0 aliphatic carbocycles. The number of halogens is 2. The van der Waals surface area contributed by atoms with Gasteiger partial charge in [-0.1, -0.05) is 17.7 Å². The van der Waals surface area contributed by atoms with E-state index >= 15 is 0 Å². The molecule has 3 rings (SSSR count). The Balaban J connectivity index is 2.16. The largest absolute Gasteiger partial charge is 0.476 e. The number of nitrogens with zero attached hydrogens (tertiary/aromatic N) is 1. The Hall–Kier alpha value is -2.18. The highest BCUT2D eigenvalue weighted by Gasteiger charge is 2.22. The second kappa shape index (κ2) is 5.31. The topological polar surface area (TPSA) is 63.3 Å². The summed E-state index contributed by atoms with van der Waals surface area (Å²) >= 11 is 6.99. The molecule has 0 radical (unpaired) electrons. The fourth-order valence-electron chi connectivity index (χ4n) is 1.80. The Morgan fingerprint density at radius 1 is 1.38 bits per heavy atom. The van der Waals surface area contributed by atoms with Crippen molar-refractivity contribution in [2.45, 2.75) is 0 Å². The Kier molecular flexibility index (Phi) is 3.48. The van der Waals surface area contributed by atoms with Crippen LogP contribution in [0.2, 0.25) is 5.02 Å². The van der Waals surface area contributed by atoms with Crippen molar-refractivity contribution in [1.82, 2.24) is 4.98 Å². The third kappa shape index (κ3) is 2.55. The molecule has 0 unspecified atom stereocenters. The van der Waals surface area contributed by atoms with Crippen molar-refractivity contribution in [3.05, 3.63) is 52.2 Å². The summed E-state index contributed by atoms with van der Waals surface area (Å²) < 4.78 is 19.0. The fraction of sp³-hybridized carbons (Fsp3) is 0. The Morgan fingerprint density at radius 2 is 2.19 bits per heavy atom. The Bertz CT molecular complexity index is 814. The summed E-state index contributed by atoms with van der Waals surface area (Å²) in [5, 5.41) is 11.0. The molecule has 106 valence electrons. The number of hydrogen-bond acceptors (Lipinski definition) is 4. The third-order valence-corrected chi connectivity index (χ3v) is 3.91. The van der Waals surface area contributed by atoms with Crippen molar-refractivity contribution in [1.29, 1.82) is 0 Å². The molecule has 0 saturated carbocycles. The van der Waals surface area contributed by atoms with E-state index in [0.717, 1.165) is 6.07 Å². The van der Waals surface area contributed by atoms with Crippen LogP contribution in [-0.4, -0.2) is 16.1 Å². The lowest BCUT2D eigenvalue weighted by Gasteiger charge is -1.99. The molecule has 0 aliphatic heterocycles. The Labute approximate surface area is 127 Å². The first kappa shape index (κ1) is 13.8. The van der Waals surface area contributed by atoms with Crippen molar-refractivity contribution < 1.29 is 18.7 Å². The van der Waals surface area contributed by atoms with Crippen LogP contribution >= 0.6 is 22.9 Å². The summed E-state index contributed by atoms with van der Waals surface area (Å²) in [5.74, 6) is -1.71. The van der Waals surface area contributed by atoms with Crippen molar-refractivity contribution in [3.63, 3.8) is 0 Å². The monoisotopic (exact) mass is 323 g/mol. The minimum absolute atomic E-state index is 0.00136. The van der Waals surface area contributed by atoms with Crippen molar-refractivity contribution in [2.24, 2.45) is 0 Å². The zero-order valence-electron chi connectivity index (χ0n) is 10.3. The van der Waals surface area contributed by atoms with E-state index in [4.69, 9.17) is 16.0 Å². The SMILES string of the molecule is O=C(O)c1nc(-c2cccs2)oc1-c1ccc(Cl)c(F)c1. The van der Waals surface area contributed by atoms with E-state index < -0.39 is 11.8 Å². The van der Waals surface area contributed by atoms with Crippen LogP contribution in [0.3, 0.4) is 0 Å². The van der Waals surface area contributed by atoms with Gasteiger partial charge in [-0.05, 0) is 29.6 Å². The molecule has 0 spiro atoms. The number of rotatable bonds is 3. The minimum Gasteiger partial charge on any atom is -0.476 e. The number of carboxylic acid groups (broad SMARTS) is 1. The molecule has 0 aliphatic rings. The van der Waals surface area contributed by atoms with E-state index in [0.29, 0.717) is 4.88 Å². The Morgan fingerprint density at radius 3 is 2.81 bits per heavy atom. The van der Waals surface area contributed by atoms with E-state index in [1.807, 2.05) is 5.38 Å². The van der Waals surface area contributed by atoms with Crippen molar-refractivity contribution >= 4 is 28.9 Å². The number of aromatic carboxylic acids is 1. The highest BCUT2D eigenvalue weighted by molar-refractivity contribution is 7.13. The summed E-state index contributed by atoms with van der Waals surface area (Å²) in [7, 11) is 0. The third-order valence-electron chi connectivity index (χ3n) is 2.74. The van der Waals surface area contributed by atoms with E-state index in [1.165, 1.54) is 23.5 Å². The van der Waals surface area contributed by atoms with Gasteiger partial charge in [-0.3, -0.25) is 0 Å². The smallest absolute Gasteiger partial charge is 0.358 e. The molecular formula is C14H7ClFNO3S. The quantitative estimate of drug-likeness (QED) is 0.767. The van der Waals surface area contributed by atoms with Gasteiger partial charge in [-0.2, -0.15) is 0 Å². The van der Waals surface area contributed by atoms with Crippen LogP contribution in [0.4, 0.5) is 4.39 Å². The summed E-state index contributed by atoms with van der Waals surface area (Å²) in [6.07, 6.45) is 0. The average Bonchev–Trinajstić information content (AvgIpc) is 3.09. The lowest BCUT2D eigenvalue weighted by molar-refractivity contribution is 0.0691. The molecule has 4 nitrogen and oxygen atoms in total. The van der Waals surface area contributed by atoms with Crippen LogP contribution < -0.4 is 0 Å². The van der Waals surface area contributed by atoms with Gasteiger partial charge in [0.1, 0.15) is 5.82 Å². The molecule has 0 bridgehead atoms. The summed E-state index contributed by atoms with van der Waals surface area (Å²) in [6, 6.07) is 7.50. The van der Waals surface area contributed by atoms with Gasteiger partial charge in [-0.25, -0.2) is 14.2 Å². The molecule has 0 atom stereocenters. The van der Waals surface area contributed by atoms with Crippen molar-refractivity contribution in [3.8, 4) is 22.1 Å². The number of hydrogen-bond donors (Lipinski definition) is 1. The van der Waals surface area contributed by atoms with E-state index in [2.05, 4.69) is 4.98 Å². The van der Waals surface area contributed by atoms with E-state index in [1.54, 1.807) is 12.1 Å². The predicted molar refractivity (Wildman–Crippen MR) is 77.2 cm³/mol. The highest BCUT2D eigenvalue weighted by Crippen LogP contribution is 2.33. The molecule has 21 heavy (non-hydrogen) atoms. The lowest BCUT2D eigenvalue weighted by atomic mass is 10.1. The molecule has 0 fully saturated rings. The molecule has 2 aromatic heterocycles. The molecule has 0 saturated heterocycles. The first-order valence-electron chi connectivity index (χ1n) is 5.79. The molecule has 1 N–H and O–H groups in total. The molecule has 0 amide bonds.